The second-order valence-electron chi connectivity index (χ2n) is 3.98. The van der Waals surface area contributed by atoms with Crippen molar-refractivity contribution in [1.82, 2.24) is 14.5 Å². The lowest BCUT2D eigenvalue weighted by molar-refractivity contribution is 0.0691. The number of carboxylic acids is 1. The number of aromatic amines is 1. The van der Waals surface area contributed by atoms with Gasteiger partial charge in [-0.05, 0) is 6.92 Å². The number of aromatic carboxylic acids is 1. The third-order valence-electron chi connectivity index (χ3n) is 2.59. The SMILES string of the molecule is C=CCN(CCOC)S(=O)(=O)c1n[nH]c(C)c1C(=O)O. The van der Waals surface area contributed by atoms with Crippen LogP contribution < -0.4 is 0 Å². The molecule has 0 unspecified atom stereocenters. The zero-order chi connectivity index (χ0) is 15.3. The number of methoxy groups -OCH3 is 1. The first-order valence-electron chi connectivity index (χ1n) is 5.74. The molecule has 0 radical (unpaired) electrons. The lowest BCUT2D eigenvalue weighted by Crippen LogP contribution is -2.35. The number of carboxylic acid groups (broad SMARTS) is 1. The number of aromatic nitrogens is 2. The van der Waals surface area contributed by atoms with Crippen LogP contribution in [-0.4, -0.2) is 60.8 Å². The highest BCUT2D eigenvalue weighted by Gasteiger charge is 2.32. The van der Waals surface area contributed by atoms with Crippen LogP contribution in [0.3, 0.4) is 0 Å². The van der Waals surface area contributed by atoms with Crippen LogP contribution in [0, 0.1) is 6.92 Å². The number of nitrogens with one attached hydrogen (secondary N) is 1. The van der Waals surface area contributed by atoms with E-state index in [0.717, 1.165) is 4.31 Å². The van der Waals surface area contributed by atoms with Crippen molar-refractivity contribution in [2.24, 2.45) is 0 Å². The number of carbonyl (C=O) groups is 1. The number of hydrogen-bond acceptors (Lipinski definition) is 5. The van der Waals surface area contributed by atoms with Crippen molar-refractivity contribution < 1.29 is 23.1 Å². The molecule has 0 saturated heterocycles. The molecule has 0 aliphatic carbocycles. The first-order chi connectivity index (χ1) is 9.36. The number of rotatable bonds is 8. The van der Waals surface area contributed by atoms with E-state index in [1.54, 1.807) is 0 Å². The molecule has 0 aliphatic heterocycles. The van der Waals surface area contributed by atoms with Gasteiger partial charge in [0.25, 0.3) is 10.0 Å². The quantitative estimate of drug-likeness (QED) is 0.665. The summed E-state index contributed by atoms with van der Waals surface area (Å²) < 4.78 is 30.8. The smallest absolute Gasteiger partial charge is 0.340 e. The Morgan fingerprint density at radius 3 is 2.75 bits per heavy atom. The summed E-state index contributed by atoms with van der Waals surface area (Å²) in [6.45, 7) is 5.23. The van der Waals surface area contributed by atoms with Gasteiger partial charge in [0, 0.05) is 25.9 Å². The van der Waals surface area contributed by atoms with Gasteiger partial charge in [-0.25, -0.2) is 13.2 Å². The van der Waals surface area contributed by atoms with Crippen LogP contribution in [0.5, 0.6) is 0 Å². The minimum atomic E-state index is -4.03. The van der Waals surface area contributed by atoms with E-state index in [9.17, 15) is 13.2 Å². The average molecular weight is 303 g/mol. The van der Waals surface area contributed by atoms with Gasteiger partial charge in [0.05, 0.1) is 6.61 Å². The van der Waals surface area contributed by atoms with Crippen LogP contribution in [0.25, 0.3) is 0 Å². The Morgan fingerprint density at radius 2 is 2.25 bits per heavy atom. The van der Waals surface area contributed by atoms with Crippen molar-refractivity contribution in [3.63, 3.8) is 0 Å². The monoisotopic (exact) mass is 303 g/mol. The highest BCUT2D eigenvalue weighted by molar-refractivity contribution is 7.89. The fourth-order valence-corrected chi connectivity index (χ4v) is 3.13. The van der Waals surface area contributed by atoms with Gasteiger partial charge in [0.1, 0.15) is 5.56 Å². The summed E-state index contributed by atoms with van der Waals surface area (Å²) >= 11 is 0. The van der Waals surface area contributed by atoms with E-state index in [-0.39, 0.29) is 31.0 Å². The lowest BCUT2D eigenvalue weighted by atomic mass is 10.3. The lowest BCUT2D eigenvalue weighted by Gasteiger charge is -2.19. The summed E-state index contributed by atoms with van der Waals surface area (Å²) in [7, 11) is -2.59. The van der Waals surface area contributed by atoms with Gasteiger partial charge in [-0.15, -0.1) is 6.58 Å². The second-order valence-corrected chi connectivity index (χ2v) is 5.83. The van der Waals surface area contributed by atoms with Crippen LogP contribution in [0.15, 0.2) is 17.7 Å². The van der Waals surface area contributed by atoms with Crippen LogP contribution in [-0.2, 0) is 14.8 Å². The largest absolute Gasteiger partial charge is 0.478 e. The Morgan fingerprint density at radius 1 is 1.60 bits per heavy atom. The standard InChI is InChI=1S/C11H17N3O5S/c1-4-5-14(6-7-19-3)20(17,18)10-9(11(15)16)8(2)12-13-10/h4H,1,5-7H2,2-3H3,(H,12,13)(H,15,16). The number of sulfonamides is 1. The third kappa shape index (κ3) is 3.24. The fraction of sp³-hybridized carbons (Fsp3) is 0.455. The molecule has 0 saturated carbocycles. The Kier molecular flexibility index (Phi) is 5.43. The molecule has 112 valence electrons. The number of hydrogen-bond donors (Lipinski definition) is 2. The van der Waals surface area contributed by atoms with Crippen molar-refractivity contribution in [3.05, 3.63) is 23.9 Å². The number of ether oxygens (including phenoxy) is 1. The molecule has 8 nitrogen and oxygen atoms in total. The van der Waals surface area contributed by atoms with Gasteiger partial charge < -0.3 is 9.84 Å². The third-order valence-corrected chi connectivity index (χ3v) is 4.39. The van der Waals surface area contributed by atoms with Crippen molar-refractivity contribution in [2.45, 2.75) is 11.9 Å². The molecule has 0 bridgehead atoms. The molecule has 0 spiro atoms. The summed E-state index contributed by atoms with van der Waals surface area (Å²) in [5, 5.41) is 14.6. The molecule has 20 heavy (non-hydrogen) atoms. The molecule has 0 atom stereocenters. The van der Waals surface area contributed by atoms with Gasteiger partial charge in [0.2, 0.25) is 5.03 Å². The van der Waals surface area contributed by atoms with E-state index in [4.69, 9.17) is 9.84 Å². The van der Waals surface area contributed by atoms with Gasteiger partial charge in [-0.3, -0.25) is 5.10 Å². The zero-order valence-electron chi connectivity index (χ0n) is 11.3. The normalized spacial score (nSPS) is 11.8. The van der Waals surface area contributed by atoms with E-state index in [2.05, 4.69) is 16.8 Å². The number of aryl methyl sites for hydroxylation is 1. The summed E-state index contributed by atoms with van der Waals surface area (Å²) in [6.07, 6.45) is 1.41. The molecule has 1 aromatic rings. The summed E-state index contributed by atoms with van der Waals surface area (Å²) in [5.74, 6) is -1.35. The highest BCUT2D eigenvalue weighted by atomic mass is 32.2. The molecule has 1 rings (SSSR count). The zero-order valence-corrected chi connectivity index (χ0v) is 12.1. The van der Waals surface area contributed by atoms with Gasteiger partial charge in [-0.2, -0.15) is 9.40 Å². The molecule has 0 amide bonds. The van der Waals surface area contributed by atoms with E-state index >= 15 is 0 Å². The van der Waals surface area contributed by atoms with Gasteiger partial charge in [-0.1, -0.05) is 6.08 Å². The maximum Gasteiger partial charge on any atom is 0.340 e. The van der Waals surface area contributed by atoms with E-state index in [0.29, 0.717) is 0 Å². The van der Waals surface area contributed by atoms with Gasteiger partial charge in [0.15, 0.2) is 0 Å². The van der Waals surface area contributed by atoms with Crippen LogP contribution in [0.1, 0.15) is 16.1 Å². The summed E-state index contributed by atoms with van der Waals surface area (Å²) in [6, 6.07) is 0. The number of nitrogens with zero attached hydrogens (tertiary/aromatic N) is 2. The highest BCUT2D eigenvalue weighted by Crippen LogP contribution is 2.20. The second kappa shape index (κ2) is 6.64. The van der Waals surface area contributed by atoms with Gasteiger partial charge >= 0.3 is 5.97 Å². The topological polar surface area (TPSA) is 113 Å². The Labute approximate surface area is 117 Å². The van der Waals surface area contributed by atoms with Crippen molar-refractivity contribution in [1.29, 1.82) is 0 Å². The molecule has 0 fully saturated rings. The van der Waals surface area contributed by atoms with Crippen LogP contribution in [0.4, 0.5) is 0 Å². The van der Waals surface area contributed by atoms with E-state index in [1.807, 2.05) is 0 Å². The Bertz CT molecular complexity index is 593. The van der Waals surface area contributed by atoms with E-state index in [1.165, 1.54) is 20.1 Å². The van der Waals surface area contributed by atoms with E-state index < -0.39 is 21.0 Å². The van der Waals surface area contributed by atoms with Crippen LogP contribution >= 0.6 is 0 Å². The predicted octanol–water partition coefficient (Wildman–Crippen LogP) is 0.239. The van der Waals surface area contributed by atoms with Crippen LogP contribution in [0.2, 0.25) is 0 Å². The maximum atomic E-state index is 12.4. The van der Waals surface area contributed by atoms with Crippen molar-refractivity contribution in [2.75, 3.05) is 26.8 Å². The molecule has 9 heteroatoms. The number of H-pyrrole nitrogens is 1. The molecule has 1 heterocycles. The molecular weight excluding hydrogens is 286 g/mol. The Hall–Kier alpha value is -1.71. The molecule has 2 N–H and O–H groups in total. The molecule has 1 aromatic heterocycles. The maximum absolute atomic E-state index is 12.4. The molecular formula is C11H17N3O5S. The average Bonchev–Trinajstić information content (AvgIpc) is 2.77. The predicted molar refractivity (Wildman–Crippen MR) is 71.1 cm³/mol. The van der Waals surface area contributed by atoms with Crippen molar-refractivity contribution >= 4 is 16.0 Å². The minimum Gasteiger partial charge on any atom is -0.478 e. The fourth-order valence-electron chi connectivity index (χ4n) is 1.61. The minimum absolute atomic E-state index is 0.0384. The first kappa shape index (κ1) is 16.3. The summed E-state index contributed by atoms with van der Waals surface area (Å²) in [4.78, 5) is 11.2. The Balaban J connectivity index is 3.26. The first-order valence-corrected chi connectivity index (χ1v) is 7.18. The summed E-state index contributed by atoms with van der Waals surface area (Å²) in [5.41, 5.74) is -0.169. The van der Waals surface area contributed by atoms with Crippen molar-refractivity contribution in [3.8, 4) is 0 Å². The molecule has 0 aliphatic rings. The molecule has 0 aromatic carbocycles.